The van der Waals surface area contributed by atoms with Crippen LogP contribution in [0.4, 0.5) is 0 Å². The number of alkyl halides is 1. The Morgan fingerprint density at radius 3 is 2.72 bits per heavy atom. The highest BCUT2D eigenvalue weighted by Crippen LogP contribution is 2.72. The van der Waals surface area contributed by atoms with E-state index in [0.717, 1.165) is 32.1 Å². The Bertz CT molecular complexity index is 744. The number of carbonyl (C=O) groups is 3. The van der Waals surface area contributed by atoms with Gasteiger partial charge in [-0.3, -0.25) is 14.4 Å². The predicted molar refractivity (Wildman–Crippen MR) is 94.0 cm³/mol. The number of carbonyl (C=O) groups excluding carboxylic acids is 3. The van der Waals surface area contributed by atoms with Gasteiger partial charge in [0.15, 0.2) is 11.6 Å². The zero-order valence-corrected chi connectivity index (χ0v) is 16.1. The number of hydrogen-bond donors (Lipinski definition) is 0. The number of allylic oxidation sites excluding steroid dienone is 1. The molecule has 4 nitrogen and oxygen atoms in total. The highest BCUT2D eigenvalue weighted by Gasteiger charge is 2.77. The molecule has 3 unspecified atom stereocenters. The molecule has 5 aliphatic carbocycles. The van der Waals surface area contributed by atoms with Gasteiger partial charge in [-0.1, -0.05) is 35.9 Å². The van der Waals surface area contributed by atoms with E-state index in [2.05, 4.69) is 29.4 Å². The summed E-state index contributed by atoms with van der Waals surface area (Å²) in [7, 11) is 0. The van der Waals surface area contributed by atoms with Crippen molar-refractivity contribution in [2.45, 2.75) is 50.3 Å². The van der Waals surface area contributed by atoms with Crippen molar-refractivity contribution in [1.82, 2.24) is 0 Å². The Hall–Kier alpha value is -0.970. The minimum Gasteiger partial charge on any atom is -0.465 e. The molecule has 6 aliphatic rings. The number of ketones is 2. The fraction of sp³-hybridized carbons (Fsp3) is 0.750. The summed E-state index contributed by atoms with van der Waals surface area (Å²) >= 11 is 3.67. The third kappa shape index (κ3) is 1.55. The van der Waals surface area contributed by atoms with E-state index in [1.807, 2.05) is 0 Å². The molecular formula is C20H23BrO4. The largest absolute Gasteiger partial charge is 0.465 e. The topological polar surface area (TPSA) is 60.4 Å². The van der Waals surface area contributed by atoms with Crippen LogP contribution in [-0.4, -0.2) is 29.0 Å². The number of cyclic esters (lactones) is 1. The molecule has 5 heteroatoms. The Morgan fingerprint density at radius 1 is 1.20 bits per heavy atom. The molecular weight excluding hydrogens is 384 g/mol. The Labute approximate surface area is 155 Å². The maximum atomic E-state index is 13.6. The fourth-order valence-electron chi connectivity index (χ4n) is 7.32. The normalized spacial score (nSPS) is 54.0. The molecule has 0 amide bonds. The van der Waals surface area contributed by atoms with Gasteiger partial charge in [-0.2, -0.15) is 0 Å². The van der Waals surface area contributed by atoms with Gasteiger partial charge in [0.05, 0.1) is 22.3 Å². The standard InChI is InChI=1S/C20H23BrO4/c1-10-11-4-7-20(15(10)22)12(8-11)19-6-3-5-18(2,9-25-17(19)24)14(19)13(21)16(20)23/h11-14H,1,3-9H2,2H3/t11-,12?,13-,14?,18-,19+,20?/m0/s1. The second kappa shape index (κ2) is 4.65. The van der Waals surface area contributed by atoms with Crippen molar-refractivity contribution in [3.63, 3.8) is 0 Å². The fourth-order valence-corrected chi connectivity index (χ4v) is 8.83. The molecule has 0 N–H and O–H groups in total. The summed E-state index contributed by atoms with van der Waals surface area (Å²) in [5.74, 6) is -0.411. The Morgan fingerprint density at radius 2 is 1.96 bits per heavy atom. The number of halogens is 1. The van der Waals surface area contributed by atoms with Crippen LogP contribution in [0.1, 0.15) is 45.4 Å². The molecule has 0 radical (unpaired) electrons. The van der Waals surface area contributed by atoms with Crippen molar-refractivity contribution >= 4 is 33.5 Å². The smallest absolute Gasteiger partial charge is 0.312 e. The first-order valence-electron chi connectivity index (χ1n) is 9.38. The van der Waals surface area contributed by atoms with E-state index < -0.39 is 15.7 Å². The molecule has 0 aromatic carbocycles. The Kier molecular flexibility index (Phi) is 3.02. The molecule has 6 fully saturated rings. The van der Waals surface area contributed by atoms with E-state index in [0.29, 0.717) is 18.6 Å². The van der Waals surface area contributed by atoms with Crippen LogP contribution in [0.3, 0.4) is 0 Å². The summed E-state index contributed by atoms with van der Waals surface area (Å²) in [5.41, 5.74) is -1.32. The molecule has 6 rings (SSSR count). The lowest BCUT2D eigenvalue weighted by atomic mass is 9.35. The minimum atomic E-state index is -1.05. The molecule has 1 aliphatic heterocycles. The molecule has 7 atom stereocenters. The summed E-state index contributed by atoms with van der Waals surface area (Å²) in [6, 6.07) is 0. The third-order valence-electron chi connectivity index (χ3n) is 8.35. The molecule has 25 heavy (non-hydrogen) atoms. The van der Waals surface area contributed by atoms with Crippen LogP contribution in [-0.2, 0) is 19.1 Å². The zero-order chi connectivity index (χ0) is 17.8. The molecule has 0 aromatic rings. The summed E-state index contributed by atoms with van der Waals surface area (Å²) in [4.78, 5) is 39.5. The van der Waals surface area contributed by atoms with Crippen molar-refractivity contribution < 1.29 is 19.1 Å². The van der Waals surface area contributed by atoms with Gasteiger partial charge in [-0.05, 0) is 49.5 Å². The van der Waals surface area contributed by atoms with Crippen LogP contribution in [0, 0.1) is 34.0 Å². The lowest BCUT2D eigenvalue weighted by Gasteiger charge is -2.68. The van der Waals surface area contributed by atoms with E-state index >= 15 is 0 Å². The van der Waals surface area contributed by atoms with Gasteiger partial charge >= 0.3 is 5.97 Å². The van der Waals surface area contributed by atoms with Crippen LogP contribution in [0.15, 0.2) is 12.2 Å². The van der Waals surface area contributed by atoms with Crippen LogP contribution in [0.2, 0.25) is 0 Å². The van der Waals surface area contributed by atoms with Crippen LogP contribution >= 0.6 is 15.9 Å². The van der Waals surface area contributed by atoms with E-state index in [9.17, 15) is 14.4 Å². The molecule has 0 aromatic heterocycles. The highest BCUT2D eigenvalue weighted by atomic mass is 79.9. The zero-order valence-electron chi connectivity index (χ0n) is 14.5. The SMILES string of the molecule is C=C1C(=O)C23CC[C@H]1CC2[C@@]12CCC[C@@](C)(COC1=O)C2[C@H](Br)C3=O. The van der Waals surface area contributed by atoms with E-state index in [4.69, 9.17) is 4.74 Å². The van der Waals surface area contributed by atoms with E-state index in [-0.39, 0.29) is 40.7 Å². The molecule has 134 valence electrons. The second-order valence-corrected chi connectivity index (χ2v) is 10.2. The summed E-state index contributed by atoms with van der Waals surface area (Å²) in [5, 5.41) is 0. The first kappa shape index (κ1) is 16.2. The van der Waals surface area contributed by atoms with Crippen molar-refractivity contribution in [2.75, 3.05) is 6.61 Å². The van der Waals surface area contributed by atoms with Gasteiger partial charge in [0.1, 0.15) is 0 Å². The number of esters is 1. The average Bonchev–Trinajstić information content (AvgIpc) is 2.60. The number of Topliss-reactive ketones (excluding diaryl/α,β-unsaturated/α-hetero) is 2. The van der Waals surface area contributed by atoms with Gasteiger partial charge in [0.25, 0.3) is 0 Å². The molecule has 1 saturated heterocycles. The van der Waals surface area contributed by atoms with Gasteiger partial charge in [0, 0.05) is 11.3 Å². The number of fused-ring (bicyclic) bond motifs is 2. The summed E-state index contributed by atoms with van der Waals surface area (Å²) in [6.07, 6.45) is 4.80. The Balaban J connectivity index is 1.77. The van der Waals surface area contributed by atoms with Crippen LogP contribution < -0.4 is 0 Å². The predicted octanol–water partition coefficient (Wildman–Crippen LogP) is 3.22. The first-order valence-corrected chi connectivity index (χ1v) is 10.3. The lowest BCUT2D eigenvalue weighted by molar-refractivity contribution is -0.228. The highest BCUT2D eigenvalue weighted by molar-refractivity contribution is 9.10. The quantitative estimate of drug-likeness (QED) is 0.268. The maximum Gasteiger partial charge on any atom is 0.312 e. The second-order valence-electron chi connectivity index (χ2n) is 9.22. The van der Waals surface area contributed by atoms with Crippen molar-refractivity contribution in [1.29, 1.82) is 0 Å². The van der Waals surface area contributed by atoms with Crippen molar-refractivity contribution in [2.24, 2.45) is 34.0 Å². The average molecular weight is 407 g/mol. The van der Waals surface area contributed by atoms with Gasteiger partial charge in [-0.25, -0.2) is 0 Å². The molecule has 5 saturated carbocycles. The summed E-state index contributed by atoms with van der Waals surface area (Å²) in [6.45, 7) is 6.54. The summed E-state index contributed by atoms with van der Waals surface area (Å²) < 4.78 is 5.70. The van der Waals surface area contributed by atoms with Gasteiger partial charge < -0.3 is 4.74 Å². The molecule has 4 bridgehead atoms. The molecule has 1 spiro atoms. The van der Waals surface area contributed by atoms with Crippen LogP contribution in [0.25, 0.3) is 0 Å². The van der Waals surface area contributed by atoms with Gasteiger partial charge in [0.2, 0.25) is 0 Å². The number of rotatable bonds is 0. The lowest BCUT2D eigenvalue weighted by Crippen LogP contribution is -2.75. The van der Waals surface area contributed by atoms with Crippen molar-refractivity contribution in [3.8, 4) is 0 Å². The first-order chi connectivity index (χ1) is 11.8. The monoisotopic (exact) mass is 406 g/mol. The van der Waals surface area contributed by atoms with Crippen molar-refractivity contribution in [3.05, 3.63) is 12.2 Å². The minimum absolute atomic E-state index is 0.00486. The number of hydrogen-bond acceptors (Lipinski definition) is 4. The van der Waals surface area contributed by atoms with Crippen LogP contribution in [0.5, 0.6) is 0 Å². The van der Waals surface area contributed by atoms with E-state index in [1.54, 1.807) is 0 Å². The van der Waals surface area contributed by atoms with Gasteiger partial charge in [-0.15, -0.1) is 0 Å². The van der Waals surface area contributed by atoms with E-state index in [1.165, 1.54) is 0 Å². The third-order valence-corrected chi connectivity index (χ3v) is 9.30. The maximum absolute atomic E-state index is 13.6. The number of ether oxygens (including phenoxy) is 1. The molecule has 1 heterocycles.